The molecule has 0 amide bonds. The Morgan fingerprint density at radius 2 is 2.23 bits per heavy atom. The summed E-state index contributed by atoms with van der Waals surface area (Å²) in [6.45, 7) is 2.75. The van der Waals surface area contributed by atoms with Crippen molar-refractivity contribution in [1.29, 1.82) is 0 Å². The highest BCUT2D eigenvalue weighted by atomic mass is 35.5. The molecule has 2 saturated heterocycles. The maximum atomic E-state index is 6.17. The summed E-state index contributed by atoms with van der Waals surface area (Å²) in [5, 5.41) is 4.79. The van der Waals surface area contributed by atoms with Gasteiger partial charge < -0.3 is 9.26 Å². The lowest BCUT2D eigenvalue weighted by Crippen LogP contribution is -2.42. The van der Waals surface area contributed by atoms with E-state index in [-0.39, 0.29) is 6.10 Å². The molecule has 0 N–H and O–H groups in total. The molecule has 22 heavy (non-hydrogen) atoms. The monoisotopic (exact) mass is 319 g/mol. The van der Waals surface area contributed by atoms with Crippen LogP contribution in [0.1, 0.15) is 36.2 Å². The molecule has 0 saturated carbocycles. The maximum absolute atomic E-state index is 6.17. The van der Waals surface area contributed by atoms with E-state index in [9.17, 15) is 0 Å². The molecule has 2 atom stereocenters. The number of aromatic nitrogens is 2. The number of hydrogen-bond donors (Lipinski definition) is 0. The van der Waals surface area contributed by atoms with E-state index in [4.69, 9.17) is 20.9 Å². The summed E-state index contributed by atoms with van der Waals surface area (Å²) in [6, 6.07) is 8.29. The first kappa shape index (κ1) is 14.2. The Kier molecular flexibility index (Phi) is 3.86. The van der Waals surface area contributed by atoms with Gasteiger partial charge in [-0.3, -0.25) is 4.90 Å². The fourth-order valence-electron chi connectivity index (χ4n) is 3.25. The van der Waals surface area contributed by atoms with Gasteiger partial charge in [-0.15, -0.1) is 0 Å². The average Bonchev–Trinajstić information content (AvgIpc) is 3.17. The normalized spacial score (nSPS) is 25.3. The highest BCUT2D eigenvalue weighted by molar-refractivity contribution is 6.31. The molecular weight excluding hydrogens is 302 g/mol. The SMILES string of the molecule is Clc1ccccc1Cc1noc(C2CN3CCCC3CO2)n1. The van der Waals surface area contributed by atoms with Gasteiger partial charge in [0.2, 0.25) is 0 Å². The number of morpholine rings is 1. The number of ether oxygens (including phenoxy) is 1. The third kappa shape index (κ3) is 2.76. The molecule has 0 radical (unpaired) electrons. The van der Waals surface area contributed by atoms with E-state index in [1.165, 1.54) is 12.8 Å². The van der Waals surface area contributed by atoms with Gasteiger partial charge in [0.05, 0.1) is 6.61 Å². The van der Waals surface area contributed by atoms with E-state index in [0.717, 1.165) is 30.3 Å². The molecule has 2 fully saturated rings. The van der Waals surface area contributed by atoms with Gasteiger partial charge in [0.15, 0.2) is 5.82 Å². The predicted octanol–water partition coefficient (Wildman–Crippen LogP) is 2.85. The second-order valence-corrected chi connectivity index (χ2v) is 6.34. The number of halogens is 1. The Labute approximate surface area is 134 Å². The smallest absolute Gasteiger partial charge is 0.257 e. The highest BCUT2D eigenvalue weighted by Crippen LogP contribution is 2.29. The van der Waals surface area contributed by atoms with Gasteiger partial charge in [-0.25, -0.2) is 0 Å². The Morgan fingerprint density at radius 1 is 1.32 bits per heavy atom. The van der Waals surface area contributed by atoms with Gasteiger partial charge in [0.25, 0.3) is 5.89 Å². The lowest BCUT2D eigenvalue weighted by atomic mass is 10.1. The zero-order chi connectivity index (χ0) is 14.9. The third-order valence-corrected chi connectivity index (χ3v) is 4.82. The Bertz CT molecular complexity index is 660. The molecule has 3 heterocycles. The van der Waals surface area contributed by atoms with Gasteiger partial charge in [0.1, 0.15) is 6.10 Å². The van der Waals surface area contributed by atoms with Crippen LogP contribution in [0.15, 0.2) is 28.8 Å². The van der Waals surface area contributed by atoms with Gasteiger partial charge in [0, 0.05) is 24.0 Å². The summed E-state index contributed by atoms with van der Waals surface area (Å²) in [6.07, 6.45) is 2.95. The third-order valence-electron chi connectivity index (χ3n) is 4.45. The van der Waals surface area contributed by atoms with Crippen molar-refractivity contribution in [3.8, 4) is 0 Å². The van der Waals surface area contributed by atoms with E-state index in [0.29, 0.717) is 24.2 Å². The van der Waals surface area contributed by atoms with Gasteiger partial charge >= 0.3 is 0 Å². The standard InChI is InChI=1S/C16H18ClN3O2/c17-13-6-2-1-4-11(13)8-15-18-16(22-19-15)14-9-20-7-3-5-12(20)10-21-14/h1-2,4,6,12,14H,3,5,7-10H2. The van der Waals surface area contributed by atoms with Crippen LogP contribution in [0.2, 0.25) is 5.02 Å². The lowest BCUT2D eigenvalue weighted by molar-refractivity contribution is -0.0633. The molecular formula is C16H18ClN3O2. The highest BCUT2D eigenvalue weighted by Gasteiger charge is 2.35. The van der Waals surface area contributed by atoms with E-state index in [1.54, 1.807) is 0 Å². The molecule has 2 aromatic rings. The van der Waals surface area contributed by atoms with Crippen molar-refractivity contribution in [2.75, 3.05) is 19.7 Å². The fourth-order valence-corrected chi connectivity index (χ4v) is 3.45. The minimum Gasteiger partial charge on any atom is -0.365 e. The zero-order valence-corrected chi connectivity index (χ0v) is 13.0. The molecule has 0 aliphatic carbocycles. The molecule has 2 aliphatic rings. The zero-order valence-electron chi connectivity index (χ0n) is 12.2. The summed E-state index contributed by atoms with van der Waals surface area (Å²) in [5.41, 5.74) is 1.00. The van der Waals surface area contributed by atoms with Crippen LogP contribution in [0, 0.1) is 0 Å². The van der Waals surface area contributed by atoms with Crippen molar-refractivity contribution in [2.24, 2.45) is 0 Å². The molecule has 116 valence electrons. The Hall–Kier alpha value is -1.43. The van der Waals surface area contributed by atoms with Crippen LogP contribution >= 0.6 is 11.6 Å². The molecule has 0 spiro atoms. The Morgan fingerprint density at radius 3 is 3.14 bits per heavy atom. The quantitative estimate of drug-likeness (QED) is 0.870. The minimum absolute atomic E-state index is 0.109. The molecule has 2 unspecified atom stereocenters. The number of fused-ring (bicyclic) bond motifs is 1. The minimum atomic E-state index is -0.109. The lowest BCUT2D eigenvalue weighted by Gasteiger charge is -2.33. The van der Waals surface area contributed by atoms with Crippen molar-refractivity contribution in [1.82, 2.24) is 15.0 Å². The molecule has 2 aliphatic heterocycles. The predicted molar refractivity (Wildman–Crippen MR) is 81.8 cm³/mol. The summed E-state index contributed by atoms with van der Waals surface area (Å²) in [7, 11) is 0. The summed E-state index contributed by atoms with van der Waals surface area (Å²) in [5.74, 6) is 1.22. The van der Waals surface area contributed by atoms with Crippen LogP contribution in [0.25, 0.3) is 0 Å². The summed E-state index contributed by atoms with van der Waals surface area (Å²) >= 11 is 6.17. The Balaban J connectivity index is 1.46. The van der Waals surface area contributed by atoms with Crippen LogP contribution < -0.4 is 0 Å². The first-order valence-electron chi connectivity index (χ1n) is 7.71. The molecule has 6 heteroatoms. The van der Waals surface area contributed by atoms with Crippen LogP contribution in [0.5, 0.6) is 0 Å². The molecule has 5 nitrogen and oxygen atoms in total. The maximum Gasteiger partial charge on any atom is 0.257 e. The molecule has 4 rings (SSSR count). The van der Waals surface area contributed by atoms with Crippen LogP contribution in [0.4, 0.5) is 0 Å². The summed E-state index contributed by atoms with van der Waals surface area (Å²) in [4.78, 5) is 6.96. The molecule has 1 aromatic heterocycles. The van der Waals surface area contributed by atoms with Gasteiger partial charge in [-0.05, 0) is 31.0 Å². The van der Waals surface area contributed by atoms with Crippen molar-refractivity contribution in [3.63, 3.8) is 0 Å². The van der Waals surface area contributed by atoms with E-state index in [2.05, 4.69) is 15.0 Å². The first-order valence-corrected chi connectivity index (χ1v) is 8.09. The number of benzene rings is 1. The molecule has 0 bridgehead atoms. The van der Waals surface area contributed by atoms with Crippen LogP contribution in [-0.2, 0) is 11.2 Å². The van der Waals surface area contributed by atoms with Gasteiger partial charge in [-0.1, -0.05) is 35.0 Å². The second kappa shape index (κ2) is 5.99. The van der Waals surface area contributed by atoms with E-state index < -0.39 is 0 Å². The molecule has 1 aromatic carbocycles. The van der Waals surface area contributed by atoms with Crippen molar-refractivity contribution < 1.29 is 9.26 Å². The average molecular weight is 320 g/mol. The fraction of sp³-hybridized carbons (Fsp3) is 0.500. The van der Waals surface area contributed by atoms with Crippen molar-refractivity contribution in [2.45, 2.75) is 31.4 Å². The van der Waals surface area contributed by atoms with Crippen molar-refractivity contribution in [3.05, 3.63) is 46.6 Å². The van der Waals surface area contributed by atoms with Gasteiger partial charge in [-0.2, -0.15) is 4.98 Å². The number of nitrogens with zero attached hydrogens (tertiary/aromatic N) is 3. The van der Waals surface area contributed by atoms with E-state index >= 15 is 0 Å². The van der Waals surface area contributed by atoms with Crippen LogP contribution in [-0.4, -0.2) is 40.8 Å². The summed E-state index contributed by atoms with van der Waals surface area (Å²) < 4.78 is 11.3. The number of rotatable bonds is 3. The first-order chi connectivity index (χ1) is 10.8. The second-order valence-electron chi connectivity index (χ2n) is 5.93. The number of hydrogen-bond acceptors (Lipinski definition) is 5. The largest absolute Gasteiger partial charge is 0.365 e. The van der Waals surface area contributed by atoms with Crippen LogP contribution in [0.3, 0.4) is 0 Å². The topological polar surface area (TPSA) is 51.4 Å². The van der Waals surface area contributed by atoms with Crippen molar-refractivity contribution >= 4 is 11.6 Å². The van der Waals surface area contributed by atoms with E-state index in [1.807, 2.05) is 24.3 Å².